The first-order valence-corrected chi connectivity index (χ1v) is 5.39. The topological polar surface area (TPSA) is 40.9 Å². The molecule has 14 heavy (non-hydrogen) atoms. The number of nitriles is 1. The predicted molar refractivity (Wildman–Crippen MR) is 55.5 cm³/mol. The molecule has 0 unspecified atom stereocenters. The Morgan fingerprint density at radius 2 is 2.14 bits per heavy atom. The van der Waals surface area contributed by atoms with Crippen LogP contribution in [0.5, 0.6) is 0 Å². The standard InChI is InChI=1S/C12H19NO/c1-9-5-6-10(11(9)14)12(2,3)7-4-8-13/h9-10H,4-7H2,1-3H3/t9-,10+/m1/s1. The molecule has 0 heterocycles. The third kappa shape index (κ3) is 2.15. The van der Waals surface area contributed by atoms with E-state index in [-0.39, 0.29) is 17.3 Å². The van der Waals surface area contributed by atoms with Crippen LogP contribution in [0.25, 0.3) is 0 Å². The molecule has 78 valence electrons. The van der Waals surface area contributed by atoms with Crippen molar-refractivity contribution >= 4 is 5.78 Å². The van der Waals surface area contributed by atoms with E-state index in [2.05, 4.69) is 19.9 Å². The summed E-state index contributed by atoms with van der Waals surface area (Å²) in [4.78, 5) is 11.8. The number of rotatable bonds is 3. The molecule has 1 aliphatic rings. The zero-order valence-corrected chi connectivity index (χ0v) is 9.34. The van der Waals surface area contributed by atoms with Crippen LogP contribution in [-0.2, 0) is 4.79 Å². The Hall–Kier alpha value is -0.840. The van der Waals surface area contributed by atoms with Gasteiger partial charge < -0.3 is 0 Å². The van der Waals surface area contributed by atoms with Crippen molar-refractivity contribution in [2.45, 2.75) is 46.5 Å². The van der Waals surface area contributed by atoms with Crippen LogP contribution in [0.4, 0.5) is 0 Å². The molecule has 1 aliphatic carbocycles. The van der Waals surface area contributed by atoms with E-state index in [4.69, 9.17) is 5.26 Å². The van der Waals surface area contributed by atoms with E-state index in [9.17, 15) is 4.79 Å². The van der Waals surface area contributed by atoms with Gasteiger partial charge in [-0.1, -0.05) is 20.8 Å². The minimum absolute atomic E-state index is 0.0115. The van der Waals surface area contributed by atoms with Gasteiger partial charge in [-0.25, -0.2) is 0 Å². The second-order valence-electron chi connectivity index (χ2n) is 5.08. The monoisotopic (exact) mass is 193 g/mol. The lowest BCUT2D eigenvalue weighted by Gasteiger charge is -2.29. The van der Waals surface area contributed by atoms with E-state index in [0.29, 0.717) is 12.2 Å². The highest BCUT2D eigenvalue weighted by atomic mass is 16.1. The van der Waals surface area contributed by atoms with Crippen molar-refractivity contribution in [3.63, 3.8) is 0 Å². The van der Waals surface area contributed by atoms with E-state index in [0.717, 1.165) is 19.3 Å². The van der Waals surface area contributed by atoms with Crippen molar-refractivity contribution in [3.8, 4) is 6.07 Å². The lowest BCUT2D eigenvalue weighted by molar-refractivity contribution is -0.126. The van der Waals surface area contributed by atoms with E-state index in [1.165, 1.54) is 0 Å². The number of nitrogens with zero attached hydrogens (tertiary/aromatic N) is 1. The molecule has 1 fully saturated rings. The average molecular weight is 193 g/mol. The van der Waals surface area contributed by atoms with Crippen molar-refractivity contribution in [1.29, 1.82) is 5.26 Å². The second kappa shape index (κ2) is 4.13. The Morgan fingerprint density at radius 3 is 2.57 bits per heavy atom. The van der Waals surface area contributed by atoms with Crippen molar-refractivity contribution in [3.05, 3.63) is 0 Å². The summed E-state index contributed by atoms with van der Waals surface area (Å²) in [7, 11) is 0. The molecule has 0 aromatic rings. The van der Waals surface area contributed by atoms with E-state index in [1.54, 1.807) is 0 Å². The highest BCUT2D eigenvalue weighted by Crippen LogP contribution is 2.42. The summed E-state index contributed by atoms with van der Waals surface area (Å²) in [5.74, 6) is 0.833. The molecular formula is C12H19NO. The molecule has 0 bridgehead atoms. The van der Waals surface area contributed by atoms with Gasteiger partial charge in [-0.3, -0.25) is 4.79 Å². The van der Waals surface area contributed by atoms with Gasteiger partial charge in [0, 0.05) is 18.3 Å². The van der Waals surface area contributed by atoms with Crippen LogP contribution in [0, 0.1) is 28.6 Å². The van der Waals surface area contributed by atoms with Crippen LogP contribution in [0.1, 0.15) is 46.5 Å². The van der Waals surface area contributed by atoms with Gasteiger partial charge in [0.2, 0.25) is 0 Å². The quantitative estimate of drug-likeness (QED) is 0.691. The molecule has 1 saturated carbocycles. The molecule has 2 heteroatoms. The number of carbonyl (C=O) groups is 1. The Kier molecular flexibility index (Phi) is 3.31. The van der Waals surface area contributed by atoms with Gasteiger partial charge in [-0.2, -0.15) is 5.26 Å². The normalized spacial score (nSPS) is 27.7. The molecule has 1 rings (SSSR count). The predicted octanol–water partition coefficient (Wildman–Crippen LogP) is 2.93. The third-order valence-corrected chi connectivity index (χ3v) is 3.54. The van der Waals surface area contributed by atoms with E-state index in [1.807, 2.05) is 6.92 Å². The lowest BCUT2D eigenvalue weighted by Crippen LogP contribution is -2.28. The molecule has 0 N–H and O–H groups in total. The number of hydrogen-bond acceptors (Lipinski definition) is 2. The largest absolute Gasteiger partial charge is 0.299 e. The summed E-state index contributed by atoms with van der Waals surface area (Å²) in [5.41, 5.74) is 0.0115. The molecule has 0 spiro atoms. The zero-order chi connectivity index (χ0) is 10.8. The van der Waals surface area contributed by atoms with Gasteiger partial charge in [0.05, 0.1) is 6.07 Å². The van der Waals surface area contributed by atoms with Crippen LogP contribution in [0.3, 0.4) is 0 Å². The smallest absolute Gasteiger partial charge is 0.139 e. The van der Waals surface area contributed by atoms with Crippen LogP contribution in [0.2, 0.25) is 0 Å². The molecule has 0 aliphatic heterocycles. The van der Waals surface area contributed by atoms with Gasteiger partial charge in [-0.15, -0.1) is 0 Å². The van der Waals surface area contributed by atoms with Crippen molar-refractivity contribution in [2.24, 2.45) is 17.3 Å². The first kappa shape index (κ1) is 11.2. The van der Waals surface area contributed by atoms with Crippen molar-refractivity contribution in [1.82, 2.24) is 0 Å². The average Bonchev–Trinajstić information content (AvgIpc) is 2.45. The van der Waals surface area contributed by atoms with E-state index >= 15 is 0 Å². The summed E-state index contributed by atoms with van der Waals surface area (Å²) >= 11 is 0. The maximum absolute atomic E-state index is 11.8. The van der Waals surface area contributed by atoms with Gasteiger partial charge >= 0.3 is 0 Å². The van der Waals surface area contributed by atoms with Gasteiger partial charge in [0.1, 0.15) is 5.78 Å². The Balaban J connectivity index is 2.64. The van der Waals surface area contributed by atoms with Crippen LogP contribution in [-0.4, -0.2) is 5.78 Å². The Morgan fingerprint density at radius 1 is 1.50 bits per heavy atom. The molecule has 0 radical (unpaired) electrons. The third-order valence-electron chi connectivity index (χ3n) is 3.54. The van der Waals surface area contributed by atoms with Crippen molar-refractivity contribution < 1.29 is 4.79 Å². The fourth-order valence-corrected chi connectivity index (χ4v) is 2.37. The molecular weight excluding hydrogens is 174 g/mol. The molecule has 0 amide bonds. The number of hydrogen-bond donors (Lipinski definition) is 0. The minimum Gasteiger partial charge on any atom is -0.299 e. The van der Waals surface area contributed by atoms with Crippen LogP contribution >= 0.6 is 0 Å². The Bertz CT molecular complexity index is 262. The van der Waals surface area contributed by atoms with Crippen LogP contribution < -0.4 is 0 Å². The summed E-state index contributed by atoms with van der Waals surface area (Å²) in [6.45, 7) is 6.25. The molecule has 2 nitrogen and oxygen atoms in total. The number of ketones is 1. The first-order valence-electron chi connectivity index (χ1n) is 5.39. The second-order valence-corrected chi connectivity index (χ2v) is 5.08. The van der Waals surface area contributed by atoms with Gasteiger partial charge in [0.25, 0.3) is 0 Å². The maximum Gasteiger partial charge on any atom is 0.139 e. The molecule has 2 atom stereocenters. The SMILES string of the molecule is C[C@@H]1CC[C@H](C(C)(C)CCC#N)C1=O. The number of carbonyl (C=O) groups excluding carboxylic acids is 1. The fraction of sp³-hybridized carbons (Fsp3) is 0.833. The first-order chi connectivity index (χ1) is 6.49. The molecule has 0 aromatic heterocycles. The van der Waals surface area contributed by atoms with Crippen LogP contribution in [0.15, 0.2) is 0 Å². The summed E-state index contributed by atoms with van der Waals surface area (Å²) in [6, 6.07) is 2.16. The highest BCUT2D eigenvalue weighted by Gasteiger charge is 2.40. The van der Waals surface area contributed by atoms with Gasteiger partial charge in [0.15, 0.2) is 0 Å². The maximum atomic E-state index is 11.8. The molecule has 0 aromatic carbocycles. The number of Topliss-reactive ketones (excluding diaryl/α,β-unsaturated/α-hetero) is 1. The zero-order valence-electron chi connectivity index (χ0n) is 9.34. The summed E-state index contributed by atoms with van der Waals surface area (Å²) < 4.78 is 0. The summed E-state index contributed by atoms with van der Waals surface area (Å²) in [6.07, 6.45) is 3.44. The lowest BCUT2D eigenvalue weighted by atomic mass is 9.74. The molecule has 0 saturated heterocycles. The highest BCUT2D eigenvalue weighted by molar-refractivity contribution is 5.85. The summed E-state index contributed by atoms with van der Waals surface area (Å²) in [5, 5.41) is 8.56. The fourth-order valence-electron chi connectivity index (χ4n) is 2.37. The minimum atomic E-state index is 0.0115. The van der Waals surface area contributed by atoms with E-state index < -0.39 is 0 Å². The van der Waals surface area contributed by atoms with Gasteiger partial charge in [-0.05, 0) is 24.7 Å². The Labute approximate surface area is 86.3 Å². The van der Waals surface area contributed by atoms with Crippen molar-refractivity contribution in [2.75, 3.05) is 0 Å².